The van der Waals surface area contributed by atoms with Crippen LogP contribution >= 0.6 is 0 Å². The number of carbonyl (C=O) groups excluding carboxylic acids is 3. The molecule has 0 unspecified atom stereocenters. The van der Waals surface area contributed by atoms with Crippen molar-refractivity contribution in [2.75, 3.05) is 0 Å². The summed E-state index contributed by atoms with van der Waals surface area (Å²) in [5, 5.41) is 2.30. The number of hydrogen-bond acceptors (Lipinski definition) is 4. The number of primary amides is 1. The van der Waals surface area contributed by atoms with E-state index in [1.165, 1.54) is 0 Å². The maximum atomic E-state index is 11.4. The van der Waals surface area contributed by atoms with E-state index in [-0.39, 0.29) is 19.4 Å². The summed E-state index contributed by atoms with van der Waals surface area (Å²) in [5.41, 5.74) is 5.78. The van der Waals surface area contributed by atoms with Crippen molar-refractivity contribution in [3.8, 4) is 0 Å². The van der Waals surface area contributed by atoms with Crippen molar-refractivity contribution in [3.05, 3.63) is 35.9 Å². The maximum absolute atomic E-state index is 11.4. The molecule has 0 aliphatic rings. The molecule has 1 atom stereocenters. The van der Waals surface area contributed by atoms with Crippen molar-refractivity contribution in [1.29, 1.82) is 0 Å². The van der Waals surface area contributed by atoms with Crippen molar-refractivity contribution < 1.29 is 19.1 Å². The van der Waals surface area contributed by atoms with E-state index >= 15 is 0 Å². The van der Waals surface area contributed by atoms with E-state index in [1.807, 2.05) is 30.3 Å². The molecule has 101 valence electrons. The second-order valence-corrected chi connectivity index (χ2v) is 3.88. The van der Waals surface area contributed by atoms with Crippen molar-refractivity contribution in [3.63, 3.8) is 0 Å². The molecule has 0 heterocycles. The van der Waals surface area contributed by atoms with Crippen LogP contribution in [0.3, 0.4) is 0 Å². The number of rotatable bonds is 7. The highest BCUT2D eigenvalue weighted by atomic mass is 16.5. The Kier molecular flexibility index (Phi) is 6.08. The van der Waals surface area contributed by atoms with Gasteiger partial charge in [0.05, 0.1) is 6.04 Å². The Bertz CT molecular complexity index is 434. The van der Waals surface area contributed by atoms with Crippen molar-refractivity contribution in [1.82, 2.24) is 5.32 Å². The number of ether oxygens (including phenoxy) is 1. The summed E-state index contributed by atoms with van der Waals surface area (Å²) in [4.78, 5) is 32.5. The Morgan fingerprint density at radius 3 is 2.58 bits per heavy atom. The Balaban J connectivity index is 2.32. The minimum Gasteiger partial charge on any atom is -0.445 e. The third-order valence-electron chi connectivity index (χ3n) is 2.33. The lowest BCUT2D eigenvalue weighted by molar-refractivity contribution is -0.118. The van der Waals surface area contributed by atoms with Gasteiger partial charge in [-0.25, -0.2) is 4.79 Å². The van der Waals surface area contributed by atoms with Gasteiger partial charge in [0.2, 0.25) is 12.2 Å². The first-order valence-corrected chi connectivity index (χ1v) is 5.75. The minimum absolute atomic E-state index is 0.00112. The van der Waals surface area contributed by atoms with Gasteiger partial charge in [-0.15, -0.1) is 0 Å². The Morgan fingerprint density at radius 2 is 2.00 bits per heavy atom. The third-order valence-corrected chi connectivity index (χ3v) is 2.33. The average Bonchev–Trinajstić information content (AvgIpc) is 2.42. The smallest absolute Gasteiger partial charge is 0.408 e. The number of nitrogens with two attached hydrogens (primary N) is 1. The minimum atomic E-state index is -0.893. The Labute approximate surface area is 110 Å². The predicted octanol–water partition coefficient (Wildman–Crippen LogP) is 0.657. The first-order chi connectivity index (χ1) is 9.11. The van der Waals surface area contributed by atoms with Crippen LogP contribution in [0.4, 0.5) is 4.79 Å². The van der Waals surface area contributed by atoms with Gasteiger partial charge in [-0.2, -0.15) is 0 Å². The van der Waals surface area contributed by atoms with Crippen LogP contribution in [0.25, 0.3) is 0 Å². The molecule has 0 saturated heterocycles. The summed E-state index contributed by atoms with van der Waals surface area (Å²) in [5.74, 6) is -0.542. The summed E-state index contributed by atoms with van der Waals surface area (Å²) in [6, 6.07) is 8.23. The van der Waals surface area contributed by atoms with Crippen LogP contribution in [0.1, 0.15) is 18.4 Å². The molecule has 6 nitrogen and oxygen atoms in total. The predicted molar refractivity (Wildman–Crippen MR) is 67.7 cm³/mol. The highest BCUT2D eigenvalue weighted by molar-refractivity contribution is 5.76. The molecule has 2 amide bonds. The largest absolute Gasteiger partial charge is 0.445 e. The lowest BCUT2D eigenvalue weighted by atomic mass is 10.2. The number of amides is 2. The number of nitrogens with one attached hydrogen (secondary N) is 1. The fourth-order valence-electron chi connectivity index (χ4n) is 1.35. The molecule has 0 saturated carbocycles. The average molecular weight is 263 g/mol. The third kappa shape index (κ3) is 6.21. The van der Waals surface area contributed by atoms with E-state index in [4.69, 9.17) is 10.5 Å². The molecule has 1 radical (unpaired) electrons. The Hall–Kier alpha value is -2.37. The summed E-state index contributed by atoms with van der Waals surface area (Å²) in [6.07, 6.45) is 0.991. The molecule has 0 bridgehead atoms. The van der Waals surface area contributed by atoms with Gasteiger partial charge in [-0.3, -0.25) is 9.59 Å². The van der Waals surface area contributed by atoms with Gasteiger partial charge in [0, 0.05) is 6.42 Å². The molecule has 1 rings (SSSR count). The van der Waals surface area contributed by atoms with Crippen LogP contribution in [0.15, 0.2) is 30.3 Å². The summed E-state index contributed by atoms with van der Waals surface area (Å²) < 4.78 is 4.92. The fourth-order valence-corrected chi connectivity index (χ4v) is 1.35. The number of alkyl carbamates (subject to hydrolysis) is 1. The van der Waals surface area contributed by atoms with Gasteiger partial charge in [0.25, 0.3) is 0 Å². The van der Waals surface area contributed by atoms with Crippen molar-refractivity contribution >= 4 is 18.3 Å². The van der Waals surface area contributed by atoms with E-state index in [1.54, 1.807) is 6.29 Å². The molecule has 0 fully saturated rings. The highest BCUT2D eigenvalue weighted by Gasteiger charge is 2.14. The second-order valence-electron chi connectivity index (χ2n) is 3.88. The van der Waals surface area contributed by atoms with Gasteiger partial charge in [0.1, 0.15) is 6.61 Å². The standard InChI is InChI=1S/C13H15N2O4/c14-12(17)7-6-11(8-16)15-13(18)19-9-10-4-2-1-3-5-10/h1-5,11H,6-7,9H2,(H2,14,17)(H,15,18)/t11-/m0/s1. The highest BCUT2D eigenvalue weighted by Crippen LogP contribution is 2.01. The zero-order valence-electron chi connectivity index (χ0n) is 10.3. The first kappa shape index (κ1) is 14.7. The van der Waals surface area contributed by atoms with Crippen LogP contribution in [0, 0.1) is 0 Å². The van der Waals surface area contributed by atoms with Crippen LogP contribution in [-0.2, 0) is 20.9 Å². The monoisotopic (exact) mass is 263 g/mol. The molecule has 0 aromatic heterocycles. The molecular weight excluding hydrogens is 248 g/mol. The quantitative estimate of drug-likeness (QED) is 0.754. The van der Waals surface area contributed by atoms with Gasteiger partial charge in [-0.05, 0) is 12.0 Å². The zero-order chi connectivity index (χ0) is 14.1. The van der Waals surface area contributed by atoms with E-state index in [0.29, 0.717) is 0 Å². The molecule has 6 heteroatoms. The second kappa shape index (κ2) is 7.86. The fraction of sp³-hybridized carbons (Fsp3) is 0.308. The van der Waals surface area contributed by atoms with Crippen LogP contribution < -0.4 is 11.1 Å². The van der Waals surface area contributed by atoms with E-state index in [9.17, 15) is 14.4 Å². The topological polar surface area (TPSA) is 98.5 Å². The maximum Gasteiger partial charge on any atom is 0.408 e. The lowest BCUT2D eigenvalue weighted by Gasteiger charge is -2.11. The number of carbonyl (C=O) groups is 2. The molecule has 0 aliphatic heterocycles. The van der Waals surface area contributed by atoms with Crippen LogP contribution in [0.2, 0.25) is 0 Å². The van der Waals surface area contributed by atoms with E-state index < -0.39 is 18.0 Å². The van der Waals surface area contributed by atoms with Gasteiger partial charge in [0.15, 0.2) is 0 Å². The molecule has 19 heavy (non-hydrogen) atoms. The first-order valence-electron chi connectivity index (χ1n) is 5.75. The summed E-state index contributed by atoms with van der Waals surface area (Å²) >= 11 is 0. The molecular formula is C13H15N2O4. The van der Waals surface area contributed by atoms with E-state index in [0.717, 1.165) is 5.56 Å². The Morgan fingerprint density at radius 1 is 1.32 bits per heavy atom. The van der Waals surface area contributed by atoms with Crippen LogP contribution in [-0.4, -0.2) is 24.3 Å². The molecule has 1 aromatic carbocycles. The van der Waals surface area contributed by atoms with Crippen molar-refractivity contribution in [2.24, 2.45) is 5.73 Å². The lowest BCUT2D eigenvalue weighted by Crippen LogP contribution is -2.37. The van der Waals surface area contributed by atoms with Gasteiger partial charge < -0.3 is 15.8 Å². The van der Waals surface area contributed by atoms with Gasteiger partial charge in [-0.1, -0.05) is 30.3 Å². The summed E-state index contributed by atoms with van der Waals surface area (Å²) in [6.45, 7) is 0.105. The van der Waals surface area contributed by atoms with Crippen molar-refractivity contribution in [2.45, 2.75) is 25.5 Å². The SMILES string of the molecule is NC(=O)CC[C@@H]([C]=O)NC(=O)OCc1ccccc1. The summed E-state index contributed by atoms with van der Waals surface area (Å²) in [7, 11) is 0. The molecule has 1 aromatic rings. The zero-order valence-corrected chi connectivity index (χ0v) is 10.3. The number of hydrogen-bond donors (Lipinski definition) is 2. The normalized spacial score (nSPS) is 11.4. The molecule has 0 aliphatic carbocycles. The van der Waals surface area contributed by atoms with Crippen LogP contribution in [0.5, 0.6) is 0 Å². The molecule has 3 N–H and O–H groups in total. The molecule has 0 spiro atoms. The van der Waals surface area contributed by atoms with Gasteiger partial charge >= 0.3 is 6.09 Å². The van der Waals surface area contributed by atoms with E-state index in [2.05, 4.69) is 5.32 Å². The number of benzene rings is 1.